The number of anilines is 1. The van der Waals surface area contributed by atoms with Crippen molar-refractivity contribution in [2.24, 2.45) is 0 Å². The number of carbonyl (C=O) groups excluding carboxylic acids is 2. The Morgan fingerprint density at radius 3 is 2.30 bits per heavy atom. The first-order valence-corrected chi connectivity index (χ1v) is 9.39. The molecule has 0 spiro atoms. The van der Waals surface area contributed by atoms with E-state index >= 15 is 0 Å². The molecule has 3 rings (SSSR count). The van der Waals surface area contributed by atoms with Crippen molar-refractivity contribution in [3.8, 4) is 10.4 Å². The summed E-state index contributed by atoms with van der Waals surface area (Å²) in [7, 11) is 0. The van der Waals surface area contributed by atoms with Crippen LogP contribution >= 0.6 is 27.3 Å². The molecule has 3 amide bonds. The van der Waals surface area contributed by atoms with Crippen LogP contribution in [-0.4, -0.2) is 11.9 Å². The van der Waals surface area contributed by atoms with E-state index in [0.717, 1.165) is 38.7 Å². The molecule has 2 aromatic carbocycles. The van der Waals surface area contributed by atoms with E-state index in [4.69, 9.17) is 0 Å². The van der Waals surface area contributed by atoms with Gasteiger partial charge >= 0.3 is 6.03 Å². The van der Waals surface area contributed by atoms with Crippen molar-refractivity contribution in [1.82, 2.24) is 5.32 Å². The molecule has 0 saturated heterocycles. The van der Waals surface area contributed by atoms with Crippen LogP contribution in [-0.2, 0) is 0 Å². The molecular formula is C19H13BrF2N2O2S. The summed E-state index contributed by atoms with van der Waals surface area (Å²) < 4.78 is 28.2. The van der Waals surface area contributed by atoms with Crippen LogP contribution in [0.15, 0.2) is 53.0 Å². The van der Waals surface area contributed by atoms with Crippen molar-refractivity contribution >= 4 is 44.2 Å². The summed E-state index contributed by atoms with van der Waals surface area (Å²) in [5, 5.41) is 4.96. The van der Waals surface area contributed by atoms with Gasteiger partial charge in [-0.05, 0) is 48.4 Å². The van der Waals surface area contributed by atoms with Crippen LogP contribution in [0.25, 0.3) is 10.4 Å². The molecule has 2 N–H and O–H groups in total. The Hall–Kier alpha value is -2.58. The second-order valence-electron chi connectivity index (χ2n) is 5.63. The highest BCUT2D eigenvalue weighted by molar-refractivity contribution is 9.10. The second-order valence-corrected chi connectivity index (χ2v) is 7.60. The molecule has 4 nitrogen and oxygen atoms in total. The maximum Gasteiger partial charge on any atom is 0.326 e. The molecule has 138 valence electrons. The lowest BCUT2D eigenvalue weighted by Gasteiger charge is -2.06. The number of imide groups is 1. The summed E-state index contributed by atoms with van der Waals surface area (Å²) in [6, 6.07) is 11.6. The number of amides is 3. The Bertz CT molecular complexity index is 999. The van der Waals surface area contributed by atoms with Gasteiger partial charge in [-0.15, -0.1) is 11.3 Å². The molecule has 1 aromatic heterocycles. The SMILES string of the molecule is Cc1cc(NC(=O)NC(=O)c2c(F)cccc2F)sc1-c1ccc(Br)cc1. The highest BCUT2D eigenvalue weighted by Gasteiger charge is 2.19. The number of aryl methyl sites for hydroxylation is 1. The molecule has 0 aliphatic rings. The van der Waals surface area contributed by atoms with Gasteiger partial charge in [-0.2, -0.15) is 0 Å². The molecule has 27 heavy (non-hydrogen) atoms. The van der Waals surface area contributed by atoms with E-state index in [2.05, 4.69) is 21.2 Å². The van der Waals surface area contributed by atoms with E-state index in [1.54, 1.807) is 6.07 Å². The summed E-state index contributed by atoms with van der Waals surface area (Å²) in [4.78, 5) is 25.0. The number of urea groups is 1. The predicted molar refractivity (Wildman–Crippen MR) is 105 cm³/mol. The number of thiophene rings is 1. The minimum atomic E-state index is -1.15. The number of hydrogen-bond donors (Lipinski definition) is 2. The predicted octanol–water partition coefficient (Wildman–Crippen LogP) is 5.73. The molecule has 0 fully saturated rings. The van der Waals surface area contributed by atoms with Gasteiger partial charge in [0.05, 0.1) is 5.00 Å². The largest absolute Gasteiger partial charge is 0.326 e. The Morgan fingerprint density at radius 1 is 1.04 bits per heavy atom. The molecule has 0 bridgehead atoms. The smallest absolute Gasteiger partial charge is 0.299 e. The lowest BCUT2D eigenvalue weighted by molar-refractivity contribution is 0.0959. The lowest BCUT2D eigenvalue weighted by atomic mass is 10.1. The quantitative estimate of drug-likeness (QED) is 0.535. The minimum Gasteiger partial charge on any atom is -0.299 e. The molecule has 0 unspecified atom stereocenters. The topological polar surface area (TPSA) is 58.2 Å². The number of carbonyl (C=O) groups is 2. The van der Waals surface area contributed by atoms with Gasteiger partial charge < -0.3 is 0 Å². The van der Waals surface area contributed by atoms with Crippen LogP contribution in [0.4, 0.5) is 18.6 Å². The Balaban J connectivity index is 1.72. The van der Waals surface area contributed by atoms with Crippen molar-refractivity contribution in [2.45, 2.75) is 6.92 Å². The van der Waals surface area contributed by atoms with Gasteiger partial charge in [0.1, 0.15) is 17.2 Å². The maximum absolute atomic E-state index is 13.6. The van der Waals surface area contributed by atoms with E-state index in [-0.39, 0.29) is 0 Å². The number of rotatable bonds is 3. The van der Waals surface area contributed by atoms with Gasteiger partial charge in [-0.3, -0.25) is 15.4 Å². The van der Waals surface area contributed by atoms with Gasteiger partial charge in [-0.25, -0.2) is 13.6 Å². The summed E-state index contributed by atoms with van der Waals surface area (Å²) in [5.74, 6) is -3.22. The molecule has 0 radical (unpaired) electrons. The van der Waals surface area contributed by atoms with Crippen molar-refractivity contribution < 1.29 is 18.4 Å². The van der Waals surface area contributed by atoms with Gasteiger partial charge in [-0.1, -0.05) is 34.1 Å². The van der Waals surface area contributed by atoms with Crippen LogP contribution in [0, 0.1) is 18.6 Å². The normalized spacial score (nSPS) is 10.5. The molecule has 3 aromatic rings. The monoisotopic (exact) mass is 450 g/mol. The first kappa shape index (κ1) is 19.2. The first-order chi connectivity index (χ1) is 12.8. The third kappa shape index (κ3) is 4.40. The molecule has 0 saturated carbocycles. The fourth-order valence-electron chi connectivity index (χ4n) is 2.46. The number of benzene rings is 2. The van der Waals surface area contributed by atoms with Crippen LogP contribution < -0.4 is 10.6 Å². The zero-order valence-electron chi connectivity index (χ0n) is 14.0. The molecule has 8 heteroatoms. The molecule has 0 aliphatic carbocycles. The fourth-order valence-corrected chi connectivity index (χ4v) is 3.79. The van der Waals surface area contributed by atoms with E-state index in [1.807, 2.05) is 36.5 Å². The van der Waals surface area contributed by atoms with E-state index < -0.39 is 29.1 Å². The number of nitrogens with one attached hydrogen (secondary N) is 2. The first-order valence-electron chi connectivity index (χ1n) is 7.78. The van der Waals surface area contributed by atoms with Crippen molar-refractivity contribution in [3.63, 3.8) is 0 Å². The average molecular weight is 451 g/mol. The molecule has 0 aliphatic heterocycles. The highest BCUT2D eigenvalue weighted by atomic mass is 79.9. The van der Waals surface area contributed by atoms with Crippen LogP contribution in [0.5, 0.6) is 0 Å². The zero-order valence-corrected chi connectivity index (χ0v) is 16.4. The maximum atomic E-state index is 13.6. The third-order valence-electron chi connectivity index (χ3n) is 3.68. The second kappa shape index (κ2) is 7.98. The third-order valence-corrected chi connectivity index (χ3v) is 5.41. The number of halogens is 3. The minimum absolute atomic E-state index is 0.504. The Labute approximate surface area is 166 Å². The average Bonchev–Trinajstić information content (AvgIpc) is 2.95. The van der Waals surface area contributed by atoms with Crippen LogP contribution in [0.2, 0.25) is 0 Å². The molecule has 1 heterocycles. The van der Waals surface area contributed by atoms with Gasteiger partial charge in [0.15, 0.2) is 0 Å². The van der Waals surface area contributed by atoms with Crippen molar-refractivity contribution in [3.05, 3.63) is 75.8 Å². The summed E-state index contributed by atoms with van der Waals surface area (Å²) in [6.45, 7) is 1.90. The summed E-state index contributed by atoms with van der Waals surface area (Å²) >= 11 is 4.71. The standard InChI is InChI=1S/C19H13BrF2N2O2S/c1-10-9-15(27-17(10)11-5-7-12(20)8-6-11)23-19(26)24-18(25)16-13(21)3-2-4-14(16)22/h2-9H,1H3,(H2,23,24,25,26). The Morgan fingerprint density at radius 2 is 1.67 bits per heavy atom. The zero-order chi connectivity index (χ0) is 19.6. The number of hydrogen-bond acceptors (Lipinski definition) is 3. The summed E-state index contributed by atoms with van der Waals surface area (Å²) in [5.41, 5.74) is 1.13. The van der Waals surface area contributed by atoms with Crippen LogP contribution in [0.1, 0.15) is 15.9 Å². The van der Waals surface area contributed by atoms with Crippen molar-refractivity contribution in [2.75, 3.05) is 5.32 Å². The lowest BCUT2D eigenvalue weighted by Crippen LogP contribution is -2.35. The van der Waals surface area contributed by atoms with Gasteiger partial charge in [0.25, 0.3) is 5.91 Å². The van der Waals surface area contributed by atoms with E-state index in [0.29, 0.717) is 5.00 Å². The van der Waals surface area contributed by atoms with E-state index in [1.165, 1.54) is 11.3 Å². The highest BCUT2D eigenvalue weighted by Crippen LogP contribution is 2.35. The molecular weight excluding hydrogens is 438 g/mol. The van der Waals surface area contributed by atoms with Gasteiger partial charge in [0.2, 0.25) is 0 Å². The van der Waals surface area contributed by atoms with E-state index in [9.17, 15) is 18.4 Å². The summed E-state index contributed by atoms with van der Waals surface area (Å²) in [6.07, 6.45) is 0. The van der Waals surface area contributed by atoms with Crippen molar-refractivity contribution in [1.29, 1.82) is 0 Å². The Kier molecular flexibility index (Phi) is 5.67. The fraction of sp³-hybridized carbons (Fsp3) is 0.0526. The molecule has 0 atom stereocenters. The van der Waals surface area contributed by atoms with Gasteiger partial charge in [0, 0.05) is 9.35 Å². The van der Waals surface area contributed by atoms with Crippen LogP contribution in [0.3, 0.4) is 0 Å².